The maximum Gasteiger partial charge on any atom is 0.374 e. The number of nitriles is 1. The molecule has 0 aromatic carbocycles. The molecular formula is C13H12BN5O2. The Labute approximate surface area is 123 Å². The lowest BCUT2D eigenvalue weighted by atomic mass is 10.1. The van der Waals surface area contributed by atoms with Crippen molar-refractivity contribution in [1.82, 2.24) is 19.9 Å². The zero-order chi connectivity index (χ0) is 15.6. The molecule has 0 spiro atoms. The summed E-state index contributed by atoms with van der Waals surface area (Å²) in [5.41, 5.74) is 0.461. The molecule has 2 radical (unpaired) electrons. The van der Waals surface area contributed by atoms with Crippen molar-refractivity contribution in [3.63, 3.8) is 0 Å². The van der Waals surface area contributed by atoms with Crippen molar-refractivity contribution in [2.75, 3.05) is 0 Å². The Bertz CT molecular complexity index is 740. The Balaban J connectivity index is 2.70. The summed E-state index contributed by atoms with van der Waals surface area (Å²) in [5, 5.41) is 9.42. The second-order valence-electron chi connectivity index (χ2n) is 4.32. The Morgan fingerprint density at radius 3 is 2.14 bits per heavy atom. The molecule has 0 unspecified atom stereocenters. The van der Waals surface area contributed by atoms with Gasteiger partial charge in [-0.05, 0) is 20.8 Å². The molecule has 104 valence electrons. The lowest BCUT2D eigenvalue weighted by Crippen LogP contribution is -2.05. The molecule has 0 bridgehead atoms. The van der Waals surface area contributed by atoms with Crippen LogP contribution < -0.4 is 0 Å². The predicted octanol–water partition coefficient (Wildman–Crippen LogP) is 1.59. The second kappa shape index (κ2) is 5.75. The number of oxazole rings is 1. The van der Waals surface area contributed by atoms with Gasteiger partial charge in [-0.2, -0.15) is 5.26 Å². The third-order valence-electron chi connectivity index (χ3n) is 2.66. The number of hydrogen-bond acceptors (Lipinski definition) is 7. The molecule has 0 aliphatic heterocycles. The number of aryl methyl sites for hydroxylation is 4. The summed E-state index contributed by atoms with van der Waals surface area (Å²) in [6, 6.07) is 2.01. The highest BCUT2D eigenvalue weighted by atomic mass is 16.4. The number of rotatable bonds is 3. The minimum Gasteiger partial charge on any atom is -0.564 e. The molecule has 21 heavy (non-hydrogen) atoms. The van der Waals surface area contributed by atoms with Gasteiger partial charge >= 0.3 is 8.05 Å². The molecule has 7 nitrogen and oxygen atoms in total. The van der Waals surface area contributed by atoms with Crippen molar-refractivity contribution in [3.8, 4) is 6.07 Å². The van der Waals surface area contributed by atoms with Crippen molar-refractivity contribution >= 4 is 19.4 Å². The highest BCUT2D eigenvalue weighted by Gasteiger charge is 2.20. The zero-order valence-electron chi connectivity index (χ0n) is 12.1. The van der Waals surface area contributed by atoms with Gasteiger partial charge in [0.2, 0.25) is 0 Å². The smallest absolute Gasteiger partial charge is 0.374 e. The van der Waals surface area contributed by atoms with Gasteiger partial charge in [0.05, 0.1) is 0 Å². The van der Waals surface area contributed by atoms with E-state index in [2.05, 4.69) is 19.9 Å². The van der Waals surface area contributed by atoms with Crippen LogP contribution in [0.5, 0.6) is 0 Å². The lowest BCUT2D eigenvalue weighted by molar-refractivity contribution is 0.494. The molecule has 2 heterocycles. The molecule has 0 saturated carbocycles. The first-order valence-electron chi connectivity index (χ1n) is 6.11. The molecule has 0 atom stereocenters. The molecule has 0 saturated heterocycles. The maximum absolute atomic E-state index is 9.42. The number of aromatic nitrogens is 4. The summed E-state index contributed by atoms with van der Waals surface area (Å²) in [7, 11) is 5.31. The third-order valence-corrected chi connectivity index (χ3v) is 2.66. The fourth-order valence-electron chi connectivity index (χ4n) is 1.91. The van der Waals surface area contributed by atoms with Gasteiger partial charge in [0.1, 0.15) is 34.7 Å². The van der Waals surface area contributed by atoms with E-state index in [1.54, 1.807) is 27.7 Å². The molecule has 0 fully saturated rings. The standard InChI is InChI=1S/C13H12BN5O2/c1-6-11(19-9(4)20-6)10(5-15)12(21-14)13-17-7(2)16-8(3)18-13/h1-4H3. The summed E-state index contributed by atoms with van der Waals surface area (Å²) >= 11 is 0. The normalized spacial score (nSPS) is 11.8. The molecule has 2 aromatic heterocycles. The van der Waals surface area contributed by atoms with E-state index in [0.29, 0.717) is 29.0 Å². The van der Waals surface area contributed by atoms with Crippen LogP contribution in [0, 0.1) is 39.0 Å². The van der Waals surface area contributed by atoms with Crippen molar-refractivity contribution in [1.29, 1.82) is 5.26 Å². The van der Waals surface area contributed by atoms with E-state index in [-0.39, 0.29) is 17.2 Å². The van der Waals surface area contributed by atoms with Gasteiger partial charge in [0, 0.05) is 6.92 Å². The summed E-state index contributed by atoms with van der Waals surface area (Å²) in [5.74, 6) is 2.13. The van der Waals surface area contributed by atoms with Crippen LogP contribution in [0.2, 0.25) is 0 Å². The van der Waals surface area contributed by atoms with E-state index >= 15 is 0 Å². The summed E-state index contributed by atoms with van der Waals surface area (Å²) in [4.78, 5) is 16.5. The molecule has 0 amide bonds. The molecule has 0 aliphatic carbocycles. The first-order chi connectivity index (χ1) is 9.96. The maximum atomic E-state index is 9.42. The molecule has 2 rings (SSSR count). The van der Waals surface area contributed by atoms with Crippen LogP contribution in [0.1, 0.15) is 34.8 Å². The molecule has 8 heteroatoms. The van der Waals surface area contributed by atoms with Crippen LogP contribution in [0.4, 0.5) is 0 Å². The van der Waals surface area contributed by atoms with Crippen LogP contribution in [0.15, 0.2) is 4.42 Å². The van der Waals surface area contributed by atoms with Gasteiger partial charge in [0.15, 0.2) is 17.5 Å². The van der Waals surface area contributed by atoms with Crippen LogP contribution in [0.3, 0.4) is 0 Å². The van der Waals surface area contributed by atoms with Crippen LogP contribution in [0.25, 0.3) is 11.3 Å². The lowest BCUT2D eigenvalue weighted by Gasteiger charge is -2.08. The SMILES string of the molecule is [B]OC(=C(C#N)c1nc(C)oc1C)c1nc(C)nc(C)n1. The quantitative estimate of drug-likeness (QED) is 0.478. The Morgan fingerprint density at radius 2 is 1.71 bits per heavy atom. The topological polar surface area (TPSA) is 97.7 Å². The zero-order valence-corrected chi connectivity index (χ0v) is 12.1. The molecule has 2 aromatic rings. The molecule has 0 N–H and O–H groups in total. The summed E-state index contributed by atoms with van der Waals surface area (Å²) in [6.45, 7) is 6.81. The predicted molar refractivity (Wildman–Crippen MR) is 74.5 cm³/mol. The number of nitrogens with zero attached hydrogens (tertiary/aromatic N) is 5. The van der Waals surface area contributed by atoms with E-state index < -0.39 is 0 Å². The average Bonchev–Trinajstić information content (AvgIpc) is 2.73. The highest BCUT2D eigenvalue weighted by molar-refractivity contribution is 6.05. The van der Waals surface area contributed by atoms with E-state index in [9.17, 15) is 5.26 Å². The van der Waals surface area contributed by atoms with Crippen LogP contribution >= 0.6 is 0 Å². The van der Waals surface area contributed by atoms with E-state index in [4.69, 9.17) is 17.1 Å². The van der Waals surface area contributed by atoms with Crippen molar-refractivity contribution < 1.29 is 9.07 Å². The highest BCUT2D eigenvalue weighted by Crippen LogP contribution is 2.26. The van der Waals surface area contributed by atoms with Gasteiger partial charge < -0.3 is 9.07 Å². The average molecular weight is 281 g/mol. The van der Waals surface area contributed by atoms with Gasteiger partial charge in [-0.1, -0.05) is 0 Å². The van der Waals surface area contributed by atoms with E-state index in [0.717, 1.165) is 0 Å². The van der Waals surface area contributed by atoms with Gasteiger partial charge in [-0.25, -0.2) is 19.9 Å². The fourth-order valence-corrected chi connectivity index (χ4v) is 1.91. The van der Waals surface area contributed by atoms with Crippen LogP contribution in [-0.4, -0.2) is 28.0 Å². The van der Waals surface area contributed by atoms with Crippen molar-refractivity contribution in [2.24, 2.45) is 0 Å². The Hall–Kier alpha value is -2.69. The Morgan fingerprint density at radius 1 is 1.10 bits per heavy atom. The first-order valence-corrected chi connectivity index (χ1v) is 6.11. The van der Waals surface area contributed by atoms with E-state index in [1.807, 2.05) is 6.07 Å². The van der Waals surface area contributed by atoms with E-state index in [1.165, 1.54) is 0 Å². The molecular weight excluding hydrogens is 269 g/mol. The third kappa shape index (κ3) is 2.92. The summed E-state index contributed by atoms with van der Waals surface area (Å²) < 4.78 is 10.2. The van der Waals surface area contributed by atoms with Crippen LogP contribution in [-0.2, 0) is 4.65 Å². The van der Waals surface area contributed by atoms with Gasteiger partial charge in [-0.15, -0.1) is 0 Å². The first kappa shape index (κ1) is 14.7. The van der Waals surface area contributed by atoms with Crippen molar-refractivity contribution in [2.45, 2.75) is 27.7 Å². The largest absolute Gasteiger partial charge is 0.564 e. The summed E-state index contributed by atoms with van der Waals surface area (Å²) in [6.07, 6.45) is 0. The van der Waals surface area contributed by atoms with Crippen molar-refractivity contribution in [3.05, 3.63) is 34.8 Å². The minimum atomic E-state index is 0.0301. The van der Waals surface area contributed by atoms with Gasteiger partial charge in [0.25, 0.3) is 0 Å². The number of hydrogen-bond donors (Lipinski definition) is 0. The number of allylic oxidation sites excluding steroid dienone is 1. The fraction of sp³-hybridized carbons (Fsp3) is 0.308. The monoisotopic (exact) mass is 281 g/mol. The minimum absolute atomic E-state index is 0.0301. The van der Waals surface area contributed by atoms with Gasteiger partial charge in [-0.3, -0.25) is 0 Å². The second-order valence-corrected chi connectivity index (χ2v) is 4.32. The Kier molecular flexibility index (Phi) is 4.03. The molecule has 0 aliphatic rings.